The Labute approximate surface area is 109 Å². The number of hydrogen-bond acceptors (Lipinski definition) is 1. The highest BCUT2D eigenvalue weighted by Crippen LogP contribution is 2.37. The monoisotopic (exact) mass is 237 g/mol. The molecule has 0 bridgehead atoms. The van der Waals surface area contributed by atoms with Crippen molar-refractivity contribution in [2.75, 3.05) is 0 Å². The average molecular weight is 237 g/mol. The summed E-state index contributed by atoms with van der Waals surface area (Å²) in [6.45, 7) is 3.25. The van der Waals surface area contributed by atoms with Crippen LogP contribution in [0.3, 0.4) is 0 Å². The third kappa shape index (κ3) is 2.19. The molecule has 0 amide bonds. The molecule has 3 rings (SSSR count). The molecule has 92 valence electrons. The maximum atomic E-state index is 3.64. The summed E-state index contributed by atoms with van der Waals surface area (Å²) in [7, 11) is 0. The van der Waals surface area contributed by atoms with Gasteiger partial charge in [0.05, 0.1) is 0 Å². The second-order valence-electron chi connectivity index (χ2n) is 5.16. The number of hydrogen-bond donors (Lipinski definition) is 1. The summed E-state index contributed by atoms with van der Waals surface area (Å²) in [6, 6.07) is 19.9. The number of fused-ring (bicyclic) bond motifs is 1. The smallest absolute Gasteiger partial charge is 0.0208 e. The molecule has 0 heterocycles. The third-order valence-corrected chi connectivity index (χ3v) is 3.97. The quantitative estimate of drug-likeness (QED) is 0.858. The first-order valence-corrected chi connectivity index (χ1v) is 6.69. The van der Waals surface area contributed by atoms with Gasteiger partial charge in [0.25, 0.3) is 0 Å². The fourth-order valence-electron chi connectivity index (χ4n) is 2.76. The molecule has 0 spiro atoms. The van der Waals surface area contributed by atoms with Crippen molar-refractivity contribution in [3.8, 4) is 0 Å². The van der Waals surface area contributed by atoms with Crippen LogP contribution in [0.1, 0.15) is 29.5 Å². The van der Waals surface area contributed by atoms with Crippen molar-refractivity contribution in [3.63, 3.8) is 0 Å². The van der Waals surface area contributed by atoms with E-state index in [4.69, 9.17) is 0 Å². The van der Waals surface area contributed by atoms with Gasteiger partial charge in [0.15, 0.2) is 0 Å². The van der Waals surface area contributed by atoms with E-state index in [0.29, 0.717) is 12.0 Å². The van der Waals surface area contributed by atoms with Crippen LogP contribution in [0.15, 0.2) is 54.6 Å². The molecular weight excluding hydrogens is 218 g/mol. The van der Waals surface area contributed by atoms with Crippen LogP contribution in [0.25, 0.3) is 0 Å². The van der Waals surface area contributed by atoms with Crippen molar-refractivity contribution in [1.82, 2.24) is 5.32 Å². The molecule has 2 atom stereocenters. The molecule has 18 heavy (non-hydrogen) atoms. The lowest BCUT2D eigenvalue weighted by molar-refractivity contribution is 0.424. The van der Waals surface area contributed by atoms with Crippen molar-refractivity contribution in [2.24, 2.45) is 0 Å². The van der Waals surface area contributed by atoms with Crippen molar-refractivity contribution < 1.29 is 0 Å². The Hall–Kier alpha value is -1.60. The molecule has 0 radical (unpaired) electrons. The second-order valence-corrected chi connectivity index (χ2v) is 5.16. The molecule has 0 fully saturated rings. The Morgan fingerprint density at radius 3 is 2.56 bits per heavy atom. The van der Waals surface area contributed by atoms with E-state index in [-0.39, 0.29) is 0 Å². The Balaban J connectivity index is 1.59. The van der Waals surface area contributed by atoms with Crippen molar-refractivity contribution in [2.45, 2.75) is 31.8 Å². The zero-order valence-electron chi connectivity index (χ0n) is 10.8. The van der Waals surface area contributed by atoms with Gasteiger partial charge in [-0.1, -0.05) is 54.6 Å². The highest BCUT2D eigenvalue weighted by Gasteiger charge is 2.29. The summed E-state index contributed by atoms with van der Waals surface area (Å²) in [5, 5.41) is 3.64. The van der Waals surface area contributed by atoms with Gasteiger partial charge in [-0.3, -0.25) is 0 Å². The molecule has 1 aliphatic carbocycles. The van der Waals surface area contributed by atoms with E-state index in [1.54, 1.807) is 0 Å². The Morgan fingerprint density at radius 1 is 1.06 bits per heavy atom. The first kappa shape index (κ1) is 11.5. The molecule has 0 aliphatic heterocycles. The van der Waals surface area contributed by atoms with Crippen LogP contribution in [0.5, 0.6) is 0 Å². The summed E-state index contributed by atoms with van der Waals surface area (Å²) in [5.74, 6) is 0.685. The van der Waals surface area contributed by atoms with Crippen molar-refractivity contribution >= 4 is 0 Å². The van der Waals surface area contributed by atoms with Crippen LogP contribution in [0.4, 0.5) is 0 Å². The molecule has 1 N–H and O–H groups in total. The predicted octanol–water partition coefficient (Wildman–Crippen LogP) is 3.50. The van der Waals surface area contributed by atoms with Crippen LogP contribution >= 0.6 is 0 Å². The maximum absolute atomic E-state index is 3.64. The highest BCUT2D eigenvalue weighted by molar-refractivity contribution is 5.41. The van der Waals surface area contributed by atoms with Crippen LogP contribution in [0.2, 0.25) is 0 Å². The minimum absolute atomic E-state index is 0.542. The van der Waals surface area contributed by atoms with Gasteiger partial charge in [-0.25, -0.2) is 0 Å². The SMILES string of the molecule is C[C@@H](NCc1ccccc1)[C@@H]1Cc2ccccc21. The van der Waals surface area contributed by atoms with Crippen molar-refractivity contribution in [3.05, 3.63) is 71.3 Å². The Morgan fingerprint density at radius 2 is 1.78 bits per heavy atom. The molecular formula is C17H19N. The highest BCUT2D eigenvalue weighted by atomic mass is 14.9. The van der Waals surface area contributed by atoms with Gasteiger partial charge in [0, 0.05) is 18.5 Å². The van der Waals surface area contributed by atoms with E-state index in [1.165, 1.54) is 23.1 Å². The lowest BCUT2D eigenvalue weighted by Gasteiger charge is -2.35. The van der Waals surface area contributed by atoms with E-state index in [2.05, 4.69) is 66.8 Å². The van der Waals surface area contributed by atoms with Gasteiger partial charge in [-0.05, 0) is 30.0 Å². The van der Waals surface area contributed by atoms with Gasteiger partial charge < -0.3 is 5.32 Å². The maximum Gasteiger partial charge on any atom is 0.0208 e. The lowest BCUT2D eigenvalue weighted by Crippen LogP contribution is -2.37. The molecule has 0 saturated heterocycles. The summed E-state index contributed by atoms with van der Waals surface area (Å²) in [4.78, 5) is 0. The van der Waals surface area contributed by atoms with Gasteiger partial charge >= 0.3 is 0 Å². The fraction of sp³-hybridized carbons (Fsp3) is 0.294. The molecule has 0 saturated carbocycles. The van der Waals surface area contributed by atoms with Crippen LogP contribution in [0, 0.1) is 0 Å². The molecule has 2 aromatic rings. The van der Waals surface area contributed by atoms with E-state index in [9.17, 15) is 0 Å². The average Bonchev–Trinajstić information content (AvgIpc) is 2.39. The second kappa shape index (κ2) is 4.95. The first-order valence-electron chi connectivity index (χ1n) is 6.69. The first-order chi connectivity index (χ1) is 8.84. The summed E-state index contributed by atoms with van der Waals surface area (Å²) in [5.41, 5.74) is 4.42. The molecule has 0 unspecified atom stereocenters. The number of nitrogens with one attached hydrogen (secondary N) is 1. The van der Waals surface area contributed by atoms with Gasteiger partial charge in [-0.2, -0.15) is 0 Å². The minimum Gasteiger partial charge on any atom is -0.310 e. The standard InChI is InChI=1S/C17H19N/c1-13(18-12-14-7-3-2-4-8-14)17-11-15-9-5-6-10-16(15)17/h2-10,13,17-18H,11-12H2,1H3/t13-,17+/m1/s1. The third-order valence-electron chi connectivity index (χ3n) is 3.97. The zero-order chi connectivity index (χ0) is 12.4. The van der Waals surface area contributed by atoms with Gasteiger partial charge in [-0.15, -0.1) is 0 Å². The van der Waals surface area contributed by atoms with Gasteiger partial charge in [0.2, 0.25) is 0 Å². The van der Waals surface area contributed by atoms with E-state index in [0.717, 1.165) is 6.54 Å². The zero-order valence-corrected chi connectivity index (χ0v) is 10.8. The summed E-state index contributed by atoms with van der Waals surface area (Å²) in [6.07, 6.45) is 1.22. The summed E-state index contributed by atoms with van der Waals surface area (Å²) >= 11 is 0. The van der Waals surface area contributed by atoms with E-state index >= 15 is 0 Å². The fourth-order valence-corrected chi connectivity index (χ4v) is 2.76. The van der Waals surface area contributed by atoms with Crippen LogP contribution in [-0.4, -0.2) is 6.04 Å². The van der Waals surface area contributed by atoms with E-state index < -0.39 is 0 Å². The normalized spacial score (nSPS) is 18.8. The Bertz CT molecular complexity index is 518. The van der Waals surface area contributed by atoms with Crippen LogP contribution in [-0.2, 0) is 13.0 Å². The molecule has 1 heteroatoms. The molecule has 2 aromatic carbocycles. The summed E-state index contributed by atoms with van der Waals surface area (Å²) < 4.78 is 0. The predicted molar refractivity (Wildman–Crippen MR) is 75.6 cm³/mol. The number of benzene rings is 2. The Kier molecular flexibility index (Phi) is 3.16. The largest absolute Gasteiger partial charge is 0.310 e. The number of rotatable bonds is 4. The van der Waals surface area contributed by atoms with E-state index in [1.807, 2.05) is 0 Å². The topological polar surface area (TPSA) is 12.0 Å². The molecule has 1 nitrogen and oxygen atoms in total. The van der Waals surface area contributed by atoms with Crippen molar-refractivity contribution in [1.29, 1.82) is 0 Å². The lowest BCUT2D eigenvalue weighted by atomic mass is 9.74. The van der Waals surface area contributed by atoms with Crippen LogP contribution < -0.4 is 5.32 Å². The minimum atomic E-state index is 0.542. The molecule has 1 aliphatic rings. The van der Waals surface area contributed by atoms with Gasteiger partial charge in [0.1, 0.15) is 0 Å². The molecule has 0 aromatic heterocycles.